The van der Waals surface area contributed by atoms with Crippen molar-refractivity contribution in [1.29, 1.82) is 0 Å². The first-order valence-corrected chi connectivity index (χ1v) is 8.15. The van der Waals surface area contributed by atoms with E-state index in [0.717, 1.165) is 30.0 Å². The first-order chi connectivity index (χ1) is 11.8. The number of ether oxygens (including phenoxy) is 1. The van der Waals surface area contributed by atoms with E-state index in [2.05, 4.69) is 28.5 Å². The van der Waals surface area contributed by atoms with Crippen molar-refractivity contribution < 1.29 is 4.74 Å². The number of nitrogens with one attached hydrogen (secondary N) is 1. The highest BCUT2D eigenvalue weighted by Gasteiger charge is 2.07. The Labute approximate surface area is 142 Å². The lowest BCUT2D eigenvalue weighted by molar-refractivity contribution is 0.449. The van der Waals surface area contributed by atoms with Gasteiger partial charge in [0.15, 0.2) is 0 Å². The summed E-state index contributed by atoms with van der Waals surface area (Å²) in [5, 5.41) is 7.71. The smallest absolute Gasteiger partial charge is 0.223 e. The largest absolute Gasteiger partial charge is 0.438 e. The maximum absolute atomic E-state index is 6.00. The number of rotatable bonds is 7. The molecule has 3 aromatic rings. The molecule has 0 amide bonds. The first-order valence-electron chi connectivity index (χ1n) is 8.15. The van der Waals surface area contributed by atoms with Crippen molar-refractivity contribution in [2.24, 2.45) is 0 Å². The van der Waals surface area contributed by atoms with Crippen LogP contribution in [0.3, 0.4) is 0 Å². The Morgan fingerprint density at radius 3 is 2.79 bits per heavy atom. The number of aryl methyl sites for hydroxylation is 2. The summed E-state index contributed by atoms with van der Waals surface area (Å²) < 4.78 is 7.92. The van der Waals surface area contributed by atoms with Crippen molar-refractivity contribution in [2.45, 2.75) is 33.5 Å². The molecule has 2 aromatic heterocycles. The number of para-hydroxylation sites is 1. The van der Waals surface area contributed by atoms with Gasteiger partial charge < -0.3 is 10.1 Å². The fourth-order valence-electron chi connectivity index (χ4n) is 2.44. The van der Waals surface area contributed by atoms with Gasteiger partial charge in [0.05, 0.1) is 6.20 Å². The van der Waals surface area contributed by atoms with E-state index in [4.69, 9.17) is 4.74 Å². The molecule has 3 rings (SSSR count). The van der Waals surface area contributed by atoms with Crippen LogP contribution in [-0.4, -0.2) is 14.8 Å². The second kappa shape index (κ2) is 7.75. The molecule has 0 fully saturated rings. The second-order valence-corrected chi connectivity index (χ2v) is 5.64. The number of nitrogens with zero attached hydrogens (tertiary/aromatic N) is 3. The van der Waals surface area contributed by atoms with Crippen LogP contribution in [0.4, 0.5) is 0 Å². The lowest BCUT2D eigenvalue weighted by Crippen LogP contribution is -2.13. The van der Waals surface area contributed by atoms with Gasteiger partial charge in [0.1, 0.15) is 5.75 Å². The average Bonchev–Trinajstić information content (AvgIpc) is 3.06. The van der Waals surface area contributed by atoms with E-state index < -0.39 is 0 Å². The van der Waals surface area contributed by atoms with Gasteiger partial charge >= 0.3 is 0 Å². The van der Waals surface area contributed by atoms with Gasteiger partial charge in [0.25, 0.3) is 0 Å². The molecular formula is C19H22N4O. The molecule has 0 spiro atoms. The van der Waals surface area contributed by atoms with Gasteiger partial charge in [-0.05, 0) is 31.5 Å². The molecule has 1 aromatic carbocycles. The zero-order valence-corrected chi connectivity index (χ0v) is 14.1. The van der Waals surface area contributed by atoms with Crippen LogP contribution < -0.4 is 10.1 Å². The molecule has 0 unspecified atom stereocenters. The average molecular weight is 322 g/mol. The third kappa shape index (κ3) is 4.00. The van der Waals surface area contributed by atoms with E-state index in [9.17, 15) is 0 Å². The van der Waals surface area contributed by atoms with Crippen molar-refractivity contribution in [1.82, 2.24) is 20.1 Å². The topological polar surface area (TPSA) is 52.0 Å². The Hall–Kier alpha value is -2.66. The highest BCUT2D eigenvalue weighted by molar-refractivity contribution is 5.37. The van der Waals surface area contributed by atoms with Crippen LogP contribution in [0.5, 0.6) is 11.6 Å². The van der Waals surface area contributed by atoms with Crippen LogP contribution >= 0.6 is 0 Å². The molecule has 5 heteroatoms. The minimum Gasteiger partial charge on any atom is -0.438 e. The first kappa shape index (κ1) is 16.2. The molecule has 0 aliphatic heterocycles. The van der Waals surface area contributed by atoms with Gasteiger partial charge in [0, 0.05) is 43.2 Å². The summed E-state index contributed by atoms with van der Waals surface area (Å²) in [6, 6.07) is 11.9. The number of hydrogen-bond donors (Lipinski definition) is 1. The van der Waals surface area contributed by atoms with Crippen molar-refractivity contribution in [2.75, 3.05) is 0 Å². The Morgan fingerprint density at radius 2 is 2.00 bits per heavy atom. The molecule has 0 bridgehead atoms. The van der Waals surface area contributed by atoms with Crippen LogP contribution in [0.1, 0.15) is 23.6 Å². The van der Waals surface area contributed by atoms with Crippen molar-refractivity contribution in [3.63, 3.8) is 0 Å². The minimum atomic E-state index is 0.642. The summed E-state index contributed by atoms with van der Waals surface area (Å²) >= 11 is 0. The Kier molecular flexibility index (Phi) is 5.23. The fraction of sp³-hybridized carbons (Fsp3) is 0.263. The molecule has 0 radical (unpaired) electrons. The van der Waals surface area contributed by atoms with E-state index in [1.54, 1.807) is 6.20 Å². The van der Waals surface area contributed by atoms with Gasteiger partial charge in [0.2, 0.25) is 5.88 Å². The third-order valence-electron chi connectivity index (χ3n) is 3.81. The van der Waals surface area contributed by atoms with Crippen molar-refractivity contribution in [3.05, 3.63) is 71.7 Å². The molecule has 1 N–H and O–H groups in total. The summed E-state index contributed by atoms with van der Waals surface area (Å²) in [7, 11) is 0. The molecule has 124 valence electrons. The van der Waals surface area contributed by atoms with Crippen LogP contribution in [0, 0.1) is 6.92 Å². The van der Waals surface area contributed by atoms with Crippen LogP contribution in [0.25, 0.3) is 0 Å². The van der Waals surface area contributed by atoms with Crippen molar-refractivity contribution >= 4 is 0 Å². The van der Waals surface area contributed by atoms with E-state index in [0.29, 0.717) is 12.4 Å². The Morgan fingerprint density at radius 1 is 1.12 bits per heavy atom. The number of aromatic nitrogens is 3. The Bertz CT molecular complexity index is 797. The van der Waals surface area contributed by atoms with Gasteiger partial charge in [-0.2, -0.15) is 5.10 Å². The normalized spacial score (nSPS) is 10.8. The maximum atomic E-state index is 6.00. The number of pyridine rings is 1. The molecule has 0 aliphatic rings. The zero-order chi connectivity index (χ0) is 16.8. The van der Waals surface area contributed by atoms with Gasteiger partial charge in [-0.25, -0.2) is 4.98 Å². The monoisotopic (exact) mass is 322 g/mol. The van der Waals surface area contributed by atoms with E-state index in [1.807, 2.05) is 54.2 Å². The highest BCUT2D eigenvalue weighted by Crippen LogP contribution is 2.25. The van der Waals surface area contributed by atoms with Gasteiger partial charge in [-0.15, -0.1) is 0 Å². The third-order valence-corrected chi connectivity index (χ3v) is 3.81. The molecule has 24 heavy (non-hydrogen) atoms. The van der Waals surface area contributed by atoms with Gasteiger partial charge in [-0.3, -0.25) is 4.68 Å². The minimum absolute atomic E-state index is 0.642. The molecule has 2 heterocycles. The van der Waals surface area contributed by atoms with E-state index >= 15 is 0 Å². The maximum Gasteiger partial charge on any atom is 0.223 e. The highest BCUT2D eigenvalue weighted by atomic mass is 16.5. The molecule has 5 nitrogen and oxygen atoms in total. The predicted octanol–water partition coefficient (Wildman–Crippen LogP) is 3.69. The predicted molar refractivity (Wildman–Crippen MR) is 93.9 cm³/mol. The summed E-state index contributed by atoms with van der Waals surface area (Å²) in [6.45, 7) is 6.44. The summed E-state index contributed by atoms with van der Waals surface area (Å²) in [4.78, 5) is 4.38. The van der Waals surface area contributed by atoms with Gasteiger partial charge in [-0.1, -0.05) is 24.3 Å². The standard InChI is InChI=1S/C19H22N4O/c1-3-23-14-16(12-22-23)11-20-13-17-8-6-10-21-19(17)24-18-9-5-4-7-15(18)2/h4-10,12,14,20H,3,11,13H2,1-2H3. The summed E-state index contributed by atoms with van der Waals surface area (Å²) in [5.41, 5.74) is 3.29. The quantitative estimate of drug-likeness (QED) is 0.721. The van der Waals surface area contributed by atoms with Crippen LogP contribution in [0.2, 0.25) is 0 Å². The number of benzene rings is 1. The molecular weight excluding hydrogens is 300 g/mol. The lowest BCUT2D eigenvalue weighted by Gasteiger charge is -2.12. The zero-order valence-electron chi connectivity index (χ0n) is 14.1. The molecule has 0 saturated carbocycles. The second-order valence-electron chi connectivity index (χ2n) is 5.64. The van der Waals surface area contributed by atoms with E-state index in [-0.39, 0.29) is 0 Å². The SMILES string of the molecule is CCn1cc(CNCc2cccnc2Oc2ccccc2C)cn1. The Balaban J connectivity index is 1.64. The molecule has 0 saturated heterocycles. The van der Waals surface area contributed by atoms with Crippen LogP contribution in [-0.2, 0) is 19.6 Å². The van der Waals surface area contributed by atoms with Crippen LogP contribution in [0.15, 0.2) is 55.0 Å². The lowest BCUT2D eigenvalue weighted by atomic mass is 10.2. The van der Waals surface area contributed by atoms with E-state index in [1.165, 1.54) is 5.56 Å². The number of hydrogen-bond acceptors (Lipinski definition) is 4. The molecule has 0 aliphatic carbocycles. The summed E-state index contributed by atoms with van der Waals surface area (Å²) in [5.74, 6) is 1.48. The fourth-order valence-corrected chi connectivity index (χ4v) is 2.44. The van der Waals surface area contributed by atoms with Crippen molar-refractivity contribution in [3.8, 4) is 11.6 Å². The summed E-state index contributed by atoms with van der Waals surface area (Å²) in [6.07, 6.45) is 5.70. The molecule has 0 atom stereocenters.